The summed E-state index contributed by atoms with van der Waals surface area (Å²) in [5.74, 6) is 0.847. The number of nitrogens with zero attached hydrogens (tertiary/aromatic N) is 3. The second-order valence-electron chi connectivity index (χ2n) is 5.98. The Hall–Kier alpha value is -3.41. The Morgan fingerprint density at radius 1 is 1.15 bits per heavy atom. The maximum Gasteiger partial charge on any atom is 0.277 e. The molecule has 0 fully saturated rings. The van der Waals surface area contributed by atoms with Crippen LogP contribution in [0.25, 0.3) is 0 Å². The molecule has 3 aromatic rings. The zero-order chi connectivity index (χ0) is 19.2. The Morgan fingerprint density at radius 2 is 1.93 bits per heavy atom. The molecule has 1 N–H and O–H groups in total. The van der Waals surface area contributed by atoms with E-state index in [1.807, 2.05) is 62.4 Å². The second kappa shape index (κ2) is 8.31. The number of hydrogen-bond acceptors (Lipinski definition) is 5. The van der Waals surface area contributed by atoms with Crippen molar-refractivity contribution in [3.63, 3.8) is 0 Å². The Kier molecular flexibility index (Phi) is 5.66. The highest BCUT2D eigenvalue weighted by molar-refractivity contribution is 6.04. The number of carbonyl (C=O) groups excluding carboxylic acids is 1. The molecule has 2 aromatic carbocycles. The second-order valence-corrected chi connectivity index (χ2v) is 5.98. The lowest BCUT2D eigenvalue weighted by molar-refractivity contribution is 0.0983. The Balaban J connectivity index is 1.87. The number of methoxy groups -OCH3 is 1. The van der Waals surface area contributed by atoms with E-state index in [0.29, 0.717) is 23.9 Å². The standard InChI is InChI=1S/C21H22N4O2/c1-4-25(16-8-6-5-7-9-16)20(26)17-12-13-22-21(23-17)24-18-14-15(2)10-11-19(18)27-3/h5-14H,4H2,1-3H3,(H,22,23,24). The quantitative estimate of drug-likeness (QED) is 0.712. The largest absolute Gasteiger partial charge is 0.495 e. The van der Waals surface area contributed by atoms with Crippen molar-refractivity contribution in [2.75, 3.05) is 23.9 Å². The Labute approximate surface area is 158 Å². The van der Waals surface area contributed by atoms with Crippen LogP contribution in [0.3, 0.4) is 0 Å². The minimum absolute atomic E-state index is 0.176. The van der Waals surface area contributed by atoms with Gasteiger partial charge in [0.2, 0.25) is 5.95 Å². The van der Waals surface area contributed by atoms with Crippen molar-refractivity contribution < 1.29 is 9.53 Å². The van der Waals surface area contributed by atoms with Crippen LogP contribution in [0.5, 0.6) is 5.75 Å². The van der Waals surface area contributed by atoms with Gasteiger partial charge in [0.1, 0.15) is 11.4 Å². The van der Waals surface area contributed by atoms with Crippen LogP contribution in [-0.2, 0) is 0 Å². The maximum atomic E-state index is 12.9. The molecule has 6 heteroatoms. The number of nitrogens with one attached hydrogen (secondary N) is 1. The first-order valence-electron chi connectivity index (χ1n) is 8.74. The maximum absolute atomic E-state index is 12.9. The molecule has 1 amide bonds. The molecule has 0 aliphatic carbocycles. The first-order chi connectivity index (χ1) is 13.1. The van der Waals surface area contributed by atoms with Gasteiger partial charge in [-0.3, -0.25) is 4.79 Å². The monoisotopic (exact) mass is 362 g/mol. The third-order valence-electron chi connectivity index (χ3n) is 4.11. The van der Waals surface area contributed by atoms with Gasteiger partial charge >= 0.3 is 0 Å². The fourth-order valence-corrected chi connectivity index (χ4v) is 2.77. The average Bonchev–Trinajstić information content (AvgIpc) is 2.70. The molecule has 0 saturated heterocycles. The predicted octanol–water partition coefficient (Wildman–Crippen LogP) is 4.20. The molecule has 0 saturated carbocycles. The molecule has 138 valence electrons. The number of aryl methyl sites for hydroxylation is 1. The number of carbonyl (C=O) groups is 1. The molecule has 0 spiro atoms. The summed E-state index contributed by atoms with van der Waals surface area (Å²) in [5, 5.41) is 3.14. The van der Waals surface area contributed by atoms with E-state index in [0.717, 1.165) is 16.9 Å². The van der Waals surface area contributed by atoms with Crippen molar-refractivity contribution in [3.8, 4) is 5.75 Å². The van der Waals surface area contributed by atoms with E-state index in [-0.39, 0.29) is 5.91 Å². The zero-order valence-electron chi connectivity index (χ0n) is 15.6. The van der Waals surface area contributed by atoms with Crippen molar-refractivity contribution in [2.24, 2.45) is 0 Å². The first kappa shape index (κ1) is 18.4. The van der Waals surface area contributed by atoms with E-state index in [1.54, 1.807) is 24.3 Å². The summed E-state index contributed by atoms with van der Waals surface area (Å²) >= 11 is 0. The zero-order valence-corrected chi connectivity index (χ0v) is 15.6. The van der Waals surface area contributed by atoms with Gasteiger partial charge in [0, 0.05) is 18.4 Å². The topological polar surface area (TPSA) is 67.4 Å². The molecule has 0 aliphatic heterocycles. The van der Waals surface area contributed by atoms with Gasteiger partial charge in [-0.05, 0) is 49.7 Å². The number of ether oxygens (including phenoxy) is 1. The molecule has 0 bridgehead atoms. The highest BCUT2D eigenvalue weighted by Crippen LogP contribution is 2.27. The third kappa shape index (κ3) is 4.23. The minimum Gasteiger partial charge on any atom is -0.495 e. The van der Waals surface area contributed by atoms with Crippen molar-refractivity contribution in [3.05, 3.63) is 72.1 Å². The first-order valence-corrected chi connectivity index (χ1v) is 8.74. The number of anilines is 3. The van der Waals surface area contributed by atoms with Gasteiger partial charge < -0.3 is 15.0 Å². The lowest BCUT2D eigenvalue weighted by Crippen LogP contribution is -2.31. The van der Waals surface area contributed by atoms with Crippen LogP contribution in [-0.4, -0.2) is 29.5 Å². The molecule has 6 nitrogen and oxygen atoms in total. The number of benzene rings is 2. The van der Waals surface area contributed by atoms with Gasteiger partial charge in [-0.1, -0.05) is 24.3 Å². The van der Waals surface area contributed by atoms with Crippen molar-refractivity contribution in [1.82, 2.24) is 9.97 Å². The summed E-state index contributed by atoms with van der Waals surface area (Å²) in [6.07, 6.45) is 1.57. The molecular formula is C21H22N4O2. The van der Waals surface area contributed by atoms with Crippen LogP contribution in [0, 0.1) is 6.92 Å². The van der Waals surface area contributed by atoms with Crippen molar-refractivity contribution in [2.45, 2.75) is 13.8 Å². The van der Waals surface area contributed by atoms with E-state index in [1.165, 1.54) is 0 Å². The van der Waals surface area contributed by atoms with E-state index in [9.17, 15) is 4.79 Å². The molecular weight excluding hydrogens is 340 g/mol. The van der Waals surface area contributed by atoms with Gasteiger partial charge in [-0.15, -0.1) is 0 Å². The van der Waals surface area contributed by atoms with E-state index < -0.39 is 0 Å². The number of rotatable bonds is 6. The summed E-state index contributed by atoms with van der Waals surface area (Å²) in [4.78, 5) is 23.3. The van der Waals surface area contributed by atoms with Crippen LogP contribution < -0.4 is 15.0 Å². The fraction of sp³-hybridized carbons (Fsp3) is 0.190. The molecule has 27 heavy (non-hydrogen) atoms. The number of para-hydroxylation sites is 1. The number of amides is 1. The smallest absolute Gasteiger partial charge is 0.277 e. The van der Waals surface area contributed by atoms with Crippen LogP contribution in [0.4, 0.5) is 17.3 Å². The highest BCUT2D eigenvalue weighted by Gasteiger charge is 2.18. The lowest BCUT2D eigenvalue weighted by atomic mass is 10.2. The third-order valence-corrected chi connectivity index (χ3v) is 4.11. The predicted molar refractivity (Wildman–Crippen MR) is 107 cm³/mol. The van der Waals surface area contributed by atoms with E-state index >= 15 is 0 Å². The number of aromatic nitrogens is 2. The molecule has 1 aromatic heterocycles. The Morgan fingerprint density at radius 3 is 2.63 bits per heavy atom. The normalized spacial score (nSPS) is 10.3. The van der Waals surface area contributed by atoms with Gasteiger partial charge in [0.05, 0.1) is 12.8 Å². The number of hydrogen-bond donors (Lipinski definition) is 1. The van der Waals surface area contributed by atoms with Crippen LogP contribution >= 0.6 is 0 Å². The summed E-state index contributed by atoms with van der Waals surface area (Å²) in [5.41, 5.74) is 2.98. The molecule has 0 aliphatic rings. The summed E-state index contributed by atoms with van der Waals surface area (Å²) in [6, 6.07) is 16.9. The SMILES string of the molecule is CCN(C(=O)c1ccnc(Nc2cc(C)ccc2OC)n1)c1ccccc1. The molecule has 3 rings (SSSR count). The average molecular weight is 362 g/mol. The minimum atomic E-state index is -0.176. The Bertz CT molecular complexity index is 928. The molecule has 0 atom stereocenters. The molecule has 0 radical (unpaired) electrons. The van der Waals surface area contributed by atoms with Crippen molar-refractivity contribution in [1.29, 1.82) is 0 Å². The highest BCUT2D eigenvalue weighted by atomic mass is 16.5. The van der Waals surface area contributed by atoms with Gasteiger partial charge in [-0.25, -0.2) is 9.97 Å². The van der Waals surface area contributed by atoms with E-state index in [2.05, 4.69) is 15.3 Å². The molecule has 1 heterocycles. The van der Waals surface area contributed by atoms with Crippen LogP contribution in [0.1, 0.15) is 23.0 Å². The lowest BCUT2D eigenvalue weighted by Gasteiger charge is -2.20. The van der Waals surface area contributed by atoms with Crippen molar-refractivity contribution >= 4 is 23.2 Å². The fourth-order valence-electron chi connectivity index (χ4n) is 2.77. The van der Waals surface area contributed by atoms with Crippen LogP contribution in [0.2, 0.25) is 0 Å². The van der Waals surface area contributed by atoms with Gasteiger partial charge in [-0.2, -0.15) is 0 Å². The van der Waals surface area contributed by atoms with Gasteiger partial charge in [0.25, 0.3) is 5.91 Å². The summed E-state index contributed by atoms with van der Waals surface area (Å²) in [7, 11) is 1.61. The van der Waals surface area contributed by atoms with E-state index in [4.69, 9.17) is 4.74 Å². The molecule has 0 unspecified atom stereocenters. The summed E-state index contributed by atoms with van der Waals surface area (Å²) < 4.78 is 5.37. The van der Waals surface area contributed by atoms with Crippen LogP contribution in [0.15, 0.2) is 60.8 Å². The van der Waals surface area contributed by atoms with Gasteiger partial charge in [0.15, 0.2) is 0 Å². The summed E-state index contributed by atoms with van der Waals surface area (Å²) in [6.45, 7) is 4.47.